The van der Waals surface area contributed by atoms with Gasteiger partial charge in [0.1, 0.15) is 6.04 Å². The topological polar surface area (TPSA) is 40.5 Å². The van der Waals surface area contributed by atoms with Crippen molar-refractivity contribution in [3.8, 4) is 0 Å². The van der Waals surface area contributed by atoms with Crippen LogP contribution in [0.1, 0.15) is 20.8 Å². The molecule has 0 aromatic carbocycles. The van der Waals surface area contributed by atoms with Gasteiger partial charge in [0.15, 0.2) is 0 Å². The molecule has 3 atom stereocenters. The van der Waals surface area contributed by atoms with Crippen molar-refractivity contribution >= 4 is 5.97 Å². The highest BCUT2D eigenvalue weighted by Gasteiger charge is 2.31. The number of nitrogens with zero attached hydrogens (tertiary/aromatic N) is 1. The standard InChI is InChI=1S/C9H17NO2/c1-6-4-10(5-7(6)2)8(3)9(11)12/h6-8H,4-5H2,1-3H3,(H,11,12). The molecule has 12 heavy (non-hydrogen) atoms. The minimum Gasteiger partial charge on any atom is -0.480 e. The summed E-state index contributed by atoms with van der Waals surface area (Å²) in [6.45, 7) is 7.97. The van der Waals surface area contributed by atoms with Crippen molar-refractivity contribution in [3.63, 3.8) is 0 Å². The van der Waals surface area contributed by atoms with Gasteiger partial charge in [-0.05, 0) is 18.8 Å². The van der Waals surface area contributed by atoms with Gasteiger partial charge in [-0.3, -0.25) is 9.69 Å². The zero-order valence-electron chi connectivity index (χ0n) is 7.95. The van der Waals surface area contributed by atoms with Crippen LogP contribution in [-0.2, 0) is 4.79 Å². The van der Waals surface area contributed by atoms with Gasteiger partial charge in [0, 0.05) is 13.1 Å². The van der Waals surface area contributed by atoms with E-state index in [1.807, 2.05) is 4.90 Å². The quantitative estimate of drug-likeness (QED) is 0.675. The maximum absolute atomic E-state index is 10.7. The van der Waals surface area contributed by atoms with Gasteiger partial charge in [0.2, 0.25) is 0 Å². The van der Waals surface area contributed by atoms with Gasteiger partial charge < -0.3 is 5.11 Å². The first-order chi connectivity index (χ1) is 5.52. The molecule has 1 saturated heterocycles. The lowest BCUT2D eigenvalue weighted by Crippen LogP contribution is -2.37. The minimum absolute atomic E-state index is 0.322. The van der Waals surface area contributed by atoms with Gasteiger partial charge in [-0.2, -0.15) is 0 Å². The van der Waals surface area contributed by atoms with E-state index >= 15 is 0 Å². The Labute approximate surface area is 73.4 Å². The van der Waals surface area contributed by atoms with Crippen molar-refractivity contribution in [2.45, 2.75) is 26.8 Å². The Morgan fingerprint density at radius 3 is 2.17 bits per heavy atom. The average molecular weight is 171 g/mol. The number of carboxylic acid groups (broad SMARTS) is 1. The Kier molecular flexibility index (Phi) is 2.73. The summed E-state index contributed by atoms with van der Waals surface area (Å²) in [7, 11) is 0. The molecule has 1 aliphatic heterocycles. The Hall–Kier alpha value is -0.570. The molecule has 1 aliphatic rings. The summed E-state index contributed by atoms with van der Waals surface area (Å²) >= 11 is 0. The molecule has 0 spiro atoms. The van der Waals surface area contributed by atoms with Crippen molar-refractivity contribution in [2.24, 2.45) is 11.8 Å². The van der Waals surface area contributed by atoms with Crippen LogP contribution in [0.2, 0.25) is 0 Å². The van der Waals surface area contributed by atoms with Gasteiger partial charge in [0.05, 0.1) is 0 Å². The van der Waals surface area contributed by atoms with Crippen LogP contribution in [0.5, 0.6) is 0 Å². The Morgan fingerprint density at radius 1 is 1.42 bits per heavy atom. The van der Waals surface area contributed by atoms with E-state index < -0.39 is 5.97 Å². The third kappa shape index (κ3) is 1.78. The van der Waals surface area contributed by atoms with E-state index in [-0.39, 0.29) is 6.04 Å². The molecule has 3 heteroatoms. The van der Waals surface area contributed by atoms with Crippen LogP contribution in [0.3, 0.4) is 0 Å². The second kappa shape index (κ2) is 3.44. The lowest BCUT2D eigenvalue weighted by atomic mass is 10.0. The summed E-state index contributed by atoms with van der Waals surface area (Å²) in [5.74, 6) is 0.551. The molecule has 3 unspecified atom stereocenters. The van der Waals surface area contributed by atoms with E-state index in [0.717, 1.165) is 13.1 Å². The van der Waals surface area contributed by atoms with E-state index in [1.54, 1.807) is 6.92 Å². The fourth-order valence-corrected chi connectivity index (χ4v) is 1.65. The van der Waals surface area contributed by atoms with E-state index in [9.17, 15) is 4.79 Å². The Balaban J connectivity index is 2.51. The zero-order chi connectivity index (χ0) is 9.30. The number of likely N-dealkylation sites (tertiary alicyclic amines) is 1. The predicted molar refractivity (Wildman–Crippen MR) is 47.0 cm³/mol. The molecule has 0 aromatic rings. The highest BCUT2D eigenvalue weighted by atomic mass is 16.4. The summed E-state index contributed by atoms with van der Waals surface area (Å²) in [6.07, 6.45) is 0. The minimum atomic E-state index is -0.712. The first-order valence-corrected chi connectivity index (χ1v) is 4.49. The number of carboxylic acids is 1. The molecule has 0 bridgehead atoms. The summed E-state index contributed by atoms with van der Waals surface area (Å²) in [4.78, 5) is 12.7. The predicted octanol–water partition coefficient (Wildman–Crippen LogP) is 1.05. The van der Waals surface area contributed by atoms with Crippen LogP contribution in [0.25, 0.3) is 0 Å². The van der Waals surface area contributed by atoms with Gasteiger partial charge >= 0.3 is 5.97 Å². The molecule has 0 radical (unpaired) electrons. The number of hydrogen-bond acceptors (Lipinski definition) is 2. The SMILES string of the molecule is CC1CN(C(C)C(=O)O)CC1C. The Morgan fingerprint density at radius 2 is 1.83 bits per heavy atom. The van der Waals surface area contributed by atoms with Crippen molar-refractivity contribution < 1.29 is 9.90 Å². The summed E-state index contributed by atoms with van der Waals surface area (Å²) in [6, 6.07) is -0.322. The van der Waals surface area contributed by atoms with Crippen molar-refractivity contribution in [1.82, 2.24) is 4.90 Å². The zero-order valence-corrected chi connectivity index (χ0v) is 7.95. The summed E-state index contributed by atoms with van der Waals surface area (Å²) < 4.78 is 0. The van der Waals surface area contributed by atoms with Crippen LogP contribution in [0.4, 0.5) is 0 Å². The molecule has 0 aliphatic carbocycles. The number of carbonyl (C=O) groups is 1. The largest absolute Gasteiger partial charge is 0.480 e. The molecular weight excluding hydrogens is 154 g/mol. The lowest BCUT2D eigenvalue weighted by Gasteiger charge is -2.19. The third-order valence-corrected chi connectivity index (χ3v) is 2.92. The van der Waals surface area contributed by atoms with Crippen LogP contribution in [0.15, 0.2) is 0 Å². The molecule has 1 fully saturated rings. The monoisotopic (exact) mass is 171 g/mol. The number of rotatable bonds is 2. The van der Waals surface area contributed by atoms with Crippen LogP contribution >= 0.6 is 0 Å². The summed E-state index contributed by atoms with van der Waals surface area (Å²) in [5, 5.41) is 8.77. The molecule has 0 amide bonds. The summed E-state index contributed by atoms with van der Waals surface area (Å²) in [5.41, 5.74) is 0. The first-order valence-electron chi connectivity index (χ1n) is 4.49. The number of hydrogen-bond donors (Lipinski definition) is 1. The lowest BCUT2D eigenvalue weighted by molar-refractivity contribution is -0.142. The fourth-order valence-electron chi connectivity index (χ4n) is 1.65. The Bertz CT molecular complexity index is 171. The smallest absolute Gasteiger partial charge is 0.320 e. The number of aliphatic carboxylic acids is 1. The molecule has 0 aromatic heterocycles. The van der Waals surface area contributed by atoms with Crippen LogP contribution in [-0.4, -0.2) is 35.1 Å². The maximum atomic E-state index is 10.7. The van der Waals surface area contributed by atoms with Crippen molar-refractivity contribution in [2.75, 3.05) is 13.1 Å². The molecule has 1 rings (SSSR count). The van der Waals surface area contributed by atoms with Gasteiger partial charge in [-0.25, -0.2) is 0 Å². The molecular formula is C9H17NO2. The second-order valence-electron chi connectivity index (χ2n) is 3.92. The van der Waals surface area contributed by atoms with Crippen molar-refractivity contribution in [3.05, 3.63) is 0 Å². The van der Waals surface area contributed by atoms with E-state index in [4.69, 9.17) is 5.11 Å². The fraction of sp³-hybridized carbons (Fsp3) is 0.889. The van der Waals surface area contributed by atoms with Gasteiger partial charge in [0.25, 0.3) is 0 Å². The van der Waals surface area contributed by atoms with Gasteiger partial charge in [-0.15, -0.1) is 0 Å². The highest BCUT2D eigenvalue weighted by molar-refractivity contribution is 5.72. The maximum Gasteiger partial charge on any atom is 0.320 e. The normalized spacial score (nSPS) is 33.6. The van der Waals surface area contributed by atoms with E-state index in [1.165, 1.54) is 0 Å². The van der Waals surface area contributed by atoms with Crippen molar-refractivity contribution in [1.29, 1.82) is 0 Å². The van der Waals surface area contributed by atoms with E-state index in [0.29, 0.717) is 11.8 Å². The molecule has 3 nitrogen and oxygen atoms in total. The van der Waals surface area contributed by atoms with Crippen LogP contribution < -0.4 is 0 Å². The second-order valence-corrected chi connectivity index (χ2v) is 3.92. The van der Waals surface area contributed by atoms with E-state index in [2.05, 4.69) is 13.8 Å². The molecule has 70 valence electrons. The molecule has 1 N–H and O–H groups in total. The first kappa shape index (κ1) is 9.52. The van der Waals surface area contributed by atoms with Crippen LogP contribution in [0, 0.1) is 11.8 Å². The average Bonchev–Trinajstić information content (AvgIpc) is 2.30. The molecule has 1 heterocycles. The third-order valence-electron chi connectivity index (χ3n) is 2.92. The van der Waals surface area contributed by atoms with Gasteiger partial charge in [-0.1, -0.05) is 13.8 Å². The highest BCUT2D eigenvalue weighted by Crippen LogP contribution is 2.23. The molecule has 0 saturated carbocycles.